The van der Waals surface area contributed by atoms with E-state index in [0.717, 1.165) is 35.7 Å². The number of rotatable bonds is 4. The number of aromatic nitrogens is 3. The summed E-state index contributed by atoms with van der Waals surface area (Å²) in [5, 5.41) is 4.52. The minimum atomic E-state index is 0.571. The van der Waals surface area contributed by atoms with Crippen LogP contribution in [0.1, 0.15) is 25.2 Å². The molecule has 2 aromatic heterocycles. The van der Waals surface area contributed by atoms with Crippen molar-refractivity contribution in [3.05, 3.63) is 29.6 Å². The first kappa shape index (κ1) is 12.4. The van der Waals surface area contributed by atoms with E-state index in [0.29, 0.717) is 5.88 Å². The lowest BCUT2D eigenvalue weighted by Crippen LogP contribution is -2.05. The van der Waals surface area contributed by atoms with E-state index in [1.54, 1.807) is 11.8 Å². The second-order valence-corrected chi connectivity index (χ2v) is 3.96. The zero-order chi connectivity index (χ0) is 13.1. The monoisotopic (exact) mass is 246 g/mol. The van der Waals surface area contributed by atoms with E-state index in [1.807, 2.05) is 25.1 Å². The molecule has 0 aromatic carbocycles. The molecular formula is C13H18N4O. The second-order valence-electron chi connectivity index (χ2n) is 3.96. The lowest BCUT2D eigenvalue weighted by molar-refractivity contribution is 0.397. The van der Waals surface area contributed by atoms with Crippen molar-refractivity contribution in [2.75, 3.05) is 12.8 Å². The highest BCUT2D eigenvalue weighted by Crippen LogP contribution is 2.22. The van der Waals surface area contributed by atoms with Gasteiger partial charge in [-0.2, -0.15) is 10.1 Å². The minimum absolute atomic E-state index is 0.571. The lowest BCUT2D eigenvalue weighted by atomic mass is 10.2. The Labute approximate surface area is 107 Å². The topological polar surface area (TPSA) is 66.0 Å². The lowest BCUT2D eigenvalue weighted by Gasteiger charge is -2.06. The molecule has 0 bridgehead atoms. The molecule has 0 saturated heterocycles. The molecule has 0 saturated carbocycles. The number of nitrogen functional groups attached to an aromatic ring is 1. The van der Waals surface area contributed by atoms with Crippen LogP contribution in [0.25, 0.3) is 5.82 Å². The van der Waals surface area contributed by atoms with Gasteiger partial charge in [-0.05, 0) is 18.9 Å². The number of nitrogens with two attached hydrogens (primary N) is 1. The quantitative estimate of drug-likeness (QED) is 0.895. The molecule has 5 nitrogen and oxygen atoms in total. The molecule has 0 amide bonds. The number of methoxy groups -OCH3 is 1. The molecule has 2 rings (SSSR count). The van der Waals surface area contributed by atoms with Gasteiger partial charge in [0.05, 0.1) is 24.2 Å². The van der Waals surface area contributed by atoms with Crippen LogP contribution in [0.4, 0.5) is 5.69 Å². The first-order valence-electron chi connectivity index (χ1n) is 6.08. The number of nitrogens with zero attached hydrogens (tertiary/aromatic N) is 3. The van der Waals surface area contributed by atoms with Gasteiger partial charge in [0, 0.05) is 6.07 Å². The van der Waals surface area contributed by atoms with Crippen LogP contribution in [0.5, 0.6) is 5.88 Å². The van der Waals surface area contributed by atoms with Gasteiger partial charge in [0.15, 0.2) is 5.82 Å². The van der Waals surface area contributed by atoms with E-state index in [4.69, 9.17) is 10.5 Å². The third-order valence-electron chi connectivity index (χ3n) is 2.90. The van der Waals surface area contributed by atoms with Crippen LogP contribution in [-0.4, -0.2) is 21.9 Å². The molecule has 0 aliphatic rings. The highest BCUT2D eigenvalue weighted by molar-refractivity contribution is 5.51. The molecule has 0 atom stereocenters. The Balaban J connectivity index is 2.55. The van der Waals surface area contributed by atoms with Gasteiger partial charge in [-0.15, -0.1) is 0 Å². The molecule has 5 heteroatoms. The van der Waals surface area contributed by atoms with Crippen LogP contribution in [0.15, 0.2) is 18.2 Å². The maximum atomic E-state index is 6.09. The van der Waals surface area contributed by atoms with Crippen LogP contribution >= 0.6 is 0 Å². The van der Waals surface area contributed by atoms with Gasteiger partial charge in [0.25, 0.3) is 0 Å². The van der Waals surface area contributed by atoms with Crippen molar-refractivity contribution in [2.24, 2.45) is 0 Å². The van der Waals surface area contributed by atoms with Crippen LogP contribution in [0, 0.1) is 0 Å². The van der Waals surface area contributed by atoms with Gasteiger partial charge in [-0.25, -0.2) is 4.68 Å². The summed E-state index contributed by atoms with van der Waals surface area (Å²) in [4.78, 5) is 4.38. The minimum Gasteiger partial charge on any atom is -0.481 e. The van der Waals surface area contributed by atoms with Crippen molar-refractivity contribution >= 4 is 5.69 Å². The molecular weight excluding hydrogens is 228 g/mol. The summed E-state index contributed by atoms with van der Waals surface area (Å²) in [5.74, 6) is 1.30. The Kier molecular flexibility index (Phi) is 3.50. The third-order valence-corrected chi connectivity index (χ3v) is 2.90. The van der Waals surface area contributed by atoms with E-state index in [1.165, 1.54) is 0 Å². The molecule has 0 fully saturated rings. The predicted octanol–water partition coefficient (Wildman–Crippen LogP) is 1.98. The van der Waals surface area contributed by atoms with Gasteiger partial charge in [0.1, 0.15) is 0 Å². The maximum Gasteiger partial charge on any atom is 0.214 e. The van der Waals surface area contributed by atoms with Crippen molar-refractivity contribution in [3.8, 4) is 11.7 Å². The normalized spacial score (nSPS) is 10.6. The average Bonchev–Trinajstić information content (AvgIpc) is 2.75. The van der Waals surface area contributed by atoms with Crippen molar-refractivity contribution < 1.29 is 4.74 Å². The van der Waals surface area contributed by atoms with E-state index in [9.17, 15) is 0 Å². The van der Waals surface area contributed by atoms with Crippen molar-refractivity contribution in [3.63, 3.8) is 0 Å². The Morgan fingerprint density at radius 1 is 1.28 bits per heavy atom. The molecule has 2 N–H and O–H groups in total. The summed E-state index contributed by atoms with van der Waals surface area (Å²) in [6.07, 6.45) is 1.63. The Morgan fingerprint density at radius 2 is 2.06 bits per heavy atom. The van der Waals surface area contributed by atoms with Crippen molar-refractivity contribution in [1.82, 2.24) is 14.8 Å². The van der Waals surface area contributed by atoms with E-state index < -0.39 is 0 Å². The molecule has 0 radical (unpaired) electrons. The summed E-state index contributed by atoms with van der Waals surface area (Å²) in [6.45, 7) is 4.10. The summed E-state index contributed by atoms with van der Waals surface area (Å²) in [6, 6.07) is 5.60. The Morgan fingerprint density at radius 3 is 2.67 bits per heavy atom. The van der Waals surface area contributed by atoms with Crippen LogP contribution < -0.4 is 10.5 Å². The molecule has 18 heavy (non-hydrogen) atoms. The number of pyridine rings is 1. The first-order valence-corrected chi connectivity index (χ1v) is 6.08. The Hall–Kier alpha value is -2.04. The van der Waals surface area contributed by atoms with Crippen molar-refractivity contribution in [2.45, 2.75) is 26.7 Å². The van der Waals surface area contributed by atoms with E-state index in [-0.39, 0.29) is 0 Å². The standard InChI is InChI=1S/C13H18N4O/c1-4-9-13(14)10(5-2)17(16-9)11-7-6-8-12(15-11)18-3/h6-8H,4-5,14H2,1-3H3. The fourth-order valence-corrected chi connectivity index (χ4v) is 1.94. The number of aryl methyl sites for hydroxylation is 1. The molecule has 2 heterocycles. The summed E-state index contributed by atoms with van der Waals surface area (Å²) >= 11 is 0. The highest BCUT2D eigenvalue weighted by atomic mass is 16.5. The molecule has 0 spiro atoms. The summed E-state index contributed by atoms with van der Waals surface area (Å²) < 4.78 is 6.93. The van der Waals surface area contributed by atoms with Crippen LogP contribution in [0.2, 0.25) is 0 Å². The van der Waals surface area contributed by atoms with Gasteiger partial charge in [-0.1, -0.05) is 19.9 Å². The molecule has 0 aliphatic carbocycles. The highest BCUT2D eigenvalue weighted by Gasteiger charge is 2.14. The van der Waals surface area contributed by atoms with Crippen LogP contribution in [-0.2, 0) is 12.8 Å². The number of hydrogen-bond donors (Lipinski definition) is 1. The van der Waals surface area contributed by atoms with Gasteiger partial charge < -0.3 is 10.5 Å². The Bertz CT molecular complexity index is 548. The maximum absolute atomic E-state index is 6.09. The van der Waals surface area contributed by atoms with Crippen LogP contribution in [0.3, 0.4) is 0 Å². The second kappa shape index (κ2) is 5.08. The zero-order valence-electron chi connectivity index (χ0n) is 11.0. The molecule has 2 aromatic rings. The van der Waals surface area contributed by atoms with Gasteiger partial charge >= 0.3 is 0 Å². The smallest absolute Gasteiger partial charge is 0.214 e. The summed E-state index contributed by atoms with van der Waals surface area (Å²) in [7, 11) is 1.60. The summed E-state index contributed by atoms with van der Waals surface area (Å²) in [5.41, 5.74) is 8.77. The van der Waals surface area contributed by atoms with Gasteiger partial charge in [-0.3, -0.25) is 0 Å². The van der Waals surface area contributed by atoms with Crippen molar-refractivity contribution in [1.29, 1.82) is 0 Å². The predicted molar refractivity (Wildman–Crippen MR) is 71.1 cm³/mol. The van der Waals surface area contributed by atoms with E-state index in [2.05, 4.69) is 17.0 Å². The fourth-order valence-electron chi connectivity index (χ4n) is 1.94. The number of anilines is 1. The zero-order valence-corrected chi connectivity index (χ0v) is 11.0. The molecule has 0 aliphatic heterocycles. The fraction of sp³-hybridized carbons (Fsp3) is 0.385. The SMILES string of the molecule is CCc1nn(-c2cccc(OC)n2)c(CC)c1N. The number of hydrogen-bond acceptors (Lipinski definition) is 4. The van der Waals surface area contributed by atoms with Gasteiger partial charge in [0.2, 0.25) is 5.88 Å². The molecule has 96 valence electrons. The third kappa shape index (κ3) is 2.03. The molecule has 0 unspecified atom stereocenters. The first-order chi connectivity index (χ1) is 8.71. The largest absolute Gasteiger partial charge is 0.481 e. The average molecular weight is 246 g/mol. The number of ether oxygens (including phenoxy) is 1. The van der Waals surface area contributed by atoms with E-state index >= 15 is 0 Å².